The van der Waals surface area contributed by atoms with Crippen LogP contribution in [0.25, 0.3) is 0 Å². The predicted molar refractivity (Wildman–Crippen MR) is 169 cm³/mol. The number of hydrogen-bond acceptors (Lipinski definition) is 3. The maximum absolute atomic E-state index is 12.6. The van der Waals surface area contributed by atoms with Crippen LogP contribution in [0.1, 0.15) is 67.6 Å². The first-order chi connectivity index (χ1) is 19.8. The summed E-state index contributed by atoms with van der Waals surface area (Å²) in [6.45, 7) is 8.79. The molecule has 2 aromatic carbocycles. The van der Waals surface area contributed by atoms with Crippen LogP contribution in [-0.4, -0.2) is 79.0 Å². The Kier molecular flexibility index (Phi) is 12.5. The van der Waals surface area contributed by atoms with E-state index in [1.54, 1.807) is 11.0 Å². The third-order valence-corrected chi connectivity index (χ3v) is 9.31. The highest BCUT2D eigenvalue weighted by atomic mass is 35.5. The summed E-state index contributed by atoms with van der Waals surface area (Å²) in [6.07, 6.45) is 8.94. The zero-order valence-corrected chi connectivity index (χ0v) is 26.4. The summed E-state index contributed by atoms with van der Waals surface area (Å²) < 4.78 is 0. The summed E-state index contributed by atoms with van der Waals surface area (Å²) in [6, 6.07) is 11.7. The first-order valence-corrected chi connectivity index (χ1v) is 16.2. The molecule has 0 radical (unpaired) electrons. The minimum Gasteiger partial charge on any atom is -0.341 e. The molecule has 3 amide bonds. The fourth-order valence-corrected chi connectivity index (χ4v) is 6.59. The number of nitrogens with one attached hydrogen (secondary N) is 1. The van der Waals surface area contributed by atoms with Crippen molar-refractivity contribution in [3.05, 3.63) is 68.2 Å². The molecule has 2 aromatic rings. The van der Waals surface area contributed by atoms with Gasteiger partial charge in [0.1, 0.15) is 0 Å². The number of halogens is 3. The number of nitrogens with zero attached hydrogens (tertiary/aromatic N) is 3. The Labute approximate surface area is 260 Å². The van der Waals surface area contributed by atoms with Gasteiger partial charge in [0.05, 0.1) is 6.54 Å². The molecule has 3 aliphatic heterocycles. The number of likely N-dealkylation sites (tertiary alicyclic amines) is 3. The second-order valence-electron chi connectivity index (χ2n) is 11.4. The van der Waals surface area contributed by atoms with E-state index < -0.39 is 0 Å². The molecule has 0 unspecified atom stereocenters. The van der Waals surface area contributed by atoms with Crippen molar-refractivity contribution in [3.8, 4) is 0 Å². The van der Waals surface area contributed by atoms with Crippen molar-refractivity contribution in [2.45, 2.75) is 64.2 Å². The largest absolute Gasteiger partial charge is 0.341 e. The number of aryl methyl sites for hydroxylation is 2. The third-order valence-electron chi connectivity index (χ3n) is 8.43. The third kappa shape index (κ3) is 9.77. The molecule has 0 saturated carbocycles. The van der Waals surface area contributed by atoms with Crippen LogP contribution in [0.3, 0.4) is 0 Å². The monoisotopic (exact) mass is 620 g/mol. The normalized spacial score (nSPS) is 17.9. The lowest BCUT2D eigenvalue weighted by molar-refractivity contribution is -0.131. The van der Waals surface area contributed by atoms with Crippen LogP contribution in [-0.2, 0) is 11.2 Å². The number of piperidine rings is 1. The van der Waals surface area contributed by atoms with E-state index in [0.29, 0.717) is 10.9 Å². The van der Waals surface area contributed by atoms with E-state index in [9.17, 15) is 9.59 Å². The molecule has 3 saturated heterocycles. The van der Waals surface area contributed by atoms with Gasteiger partial charge in [-0.05, 0) is 125 Å². The number of urea groups is 1. The molecule has 0 atom stereocenters. The topological polar surface area (TPSA) is 55.9 Å². The van der Waals surface area contributed by atoms with Crippen molar-refractivity contribution < 1.29 is 9.59 Å². The van der Waals surface area contributed by atoms with Gasteiger partial charge in [-0.2, -0.15) is 0 Å². The van der Waals surface area contributed by atoms with Gasteiger partial charge in [0.25, 0.3) is 0 Å². The lowest BCUT2D eigenvalue weighted by atomic mass is 9.85. The number of amides is 3. The van der Waals surface area contributed by atoms with Crippen LogP contribution in [0, 0.1) is 6.92 Å². The number of benzene rings is 2. The Morgan fingerprint density at radius 1 is 0.829 bits per heavy atom. The van der Waals surface area contributed by atoms with Gasteiger partial charge < -0.3 is 20.0 Å². The zero-order chi connectivity index (χ0) is 29.2. The van der Waals surface area contributed by atoms with Crippen molar-refractivity contribution in [2.75, 3.05) is 52.4 Å². The van der Waals surface area contributed by atoms with E-state index in [1.165, 1.54) is 50.0 Å². The van der Waals surface area contributed by atoms with Crippen LogP contribution in [0.5, 0.6) is 0 Å². The summed E-state index contributed by atoms with van der Waals surface area (Å²) in [7, 11) is 0. The number of rotatable bonds is 7. The van der Waals surface area contributed by atoms with E-state index >= 15 is 0 Å². The van der Waals surface area contributed by atoms with E-state index in [2.05, 4.69) is 22.3 Å². The maximum Gasteiger partial charge on any atom is 0.317 e. The number of carbonyl (C=O) groups excluding carboxylic acids is 2. The molecule has 0 aromatic heterocycles. The summed E-state index contributed by atoms with van der Waals surface area (Å²) >= 11 is 17.7. The van der Waals surface area contributed by atoms with Crippen LogP contribution in [0.2, 0.25) is 15.1 Å². The molecule has 5 rings (SSSR count). The van der Waals surface area contributed by atoms with Crippen molar-refractivity contribution >= 4 is 46.7 Å². The Morgan fingerprint density at radius 2 is 1.46 bits per heavy atom. The Hall–Kier alpha value is -1.99. The lowest BCUT2D eigenvalue weighted by Gasteiger charge is -2.33. The van der Waals surface area contributed by atoms with E-state index in [0.717, 1.165) is 73.9 Å². The van der Waals surface area contributed by atoms with Gasteiger partial charge in [0, 0.05) is 41.2 Å². The predicted octanol–water partition coefficient (Wildman–Crippen LogP) is 7.18. The zero-order valence-electron chi connectivity index (χ0n) is 24.1. The fourth-order valence-electron chi connectivity index (χ4n) is 5.99. The summed E-state index contributed by atoms with van der Waals surface area (Å²) in [5.74, 6) is 0.496. The molecule has 3 aliphatic rings. The second kappa shape index (κ2) is 16.0. The van der Waals surface area contributed by atoms with Gasteiger partial charge in [-0.1, -0.05) is 46.9 Å². The second-order valence-corrected chi connectivity index (χ2v) is 12.7. The Balaban J connectivity index is 0.000000367. The maximum atomic E-state index is 12.6. The van der Waals surface area contributed by atoms with Crippen LogP contribution < -0.4 is 5.32 Å². The standard InChI is InChI=1S/C25H37ClN4O2.C7H6Cl2/c26-22-7-8-23(21(18-22)6-5-13-28-11-1-2-12-28)20-9-16-29(17-10-20)24(31)19-27-25(32)30-14-3-4-15-30;1-5-2-3-6(8)4-7(5)9/h7-8,18,20H,1-6,9-17,19H2,(H,27,32);2-4H,1H3. The molecule has 9 heteroatoms. The molecule has 41 heavy (non-hydrogen) atoms. The van der Waals surface area contributed by atoms with Gasteiger partial charge in [-0.3, -0.25) is 4.79 Å². The van der Waals surface area contributed by atoms with Crippen molar-refractivity contribution in [2.24, 2.45) is 0 Å². The molecular formula is C32H43Cl3N4O2. The van der Waals surface area contributed by atoms with Crippen LogP contribution >= 0.6 is 34.8 Å². The highest BCUT2D eigenvalue weighted by Crippen LogP contribution is 2.32. The van der Waals surface area contributed by atoms with Gasteiger partial charge in [0.2, 0.25) is 5.91 Å². The van der Waals surface area contributed by atoms with Crippen molar-refractivity contribution in [1.82, 2.24) is 20.0 Å². The van der Waals surface area contributed by atoms with Crippen LogP contribution in [0.15, 0.2) is 36.4 Å². The lowest BCUT2D eigenvalue weighted by Crippen LogP contribution is -2.46. The summed E-state index contributed by atoms with van der Waals surface area (Å²) in [4.78, 5) is 31.0. The first-order valence-electron chi connectivity index (χ1n) is 15.0. The molecular weight excluding hydrogens is 579 g/mol. The average molecular weight is 622 g/mol. The SMILES string of the molecule is Cc1ccc(Cl)cc1Cl.O=C(CNC(=O)N1CCCC1)N1CCC(c2ccc(Cl)cc2CCCN2CCCC2)CC1. The Bertz CT molecular complexity index is 1160. The molecule has 3 heterocycles. The van der Waals surface area contributed by atoms with Gasteiger partial charge >= 0.3 is 6.03 Å². The molecule has 6 nitrogen and oxygen atoms in total. The molecule has 0 aliphatic carbocycles. The van der Waals surface area contributed by atoms with Gasteiger partial charge in [0.15, 0.2) is 0 Å². The van der Waals surface area contributed by atoms with Gasteiger partial charge in [-0.25, -0.2) is 4.79 Å². The molecule has 1 N–H and O–H groups in total. The van der Waals surface area contributed by atoms with E-state index in [-0.39, 0.29) is 18.5 Å². The molecule has 0 bridgehead atoms. The van der Waals surface area contributed by atoms with E-state index in [4.69, 9.17) is 34.8 Å². The molecule has 0 spiro atoms. The molecule has 224 valence electrons. The number of carbonyl (C=O) groups is 2. The fraction of sp³-hybridized carbons (Fsp3) is 0.562. The van der Waals surface area contributed by atoms with E-state index in [1.807, 2.05) is 30.0 Å². The smallest absolute Gasteiger partial charge is 0.317 e. The summed E-state index contributed by atoms with van der Waals surface area (Å²) in [5, 5.41) is 5.02. The quantitative estimate of drug-likeness (QED) is 0.356. The highest BCUT2D eigenvalue weighted by molar-refractivity contribution is 6.35. The Morgan fingerprint density at radius 3 is 2.12 bits per heavy atom. The molecule has 3 fully saturated rings. The van der Waals surface area contributed by atoms with Crippen LogP contribution in [0.4, 0.5) is 4.79 Å². The van der Waals surface area contributed by atoms with Gasteiger partial charge in [-0.15, -0.1) is 0 Å². The highest BCUT2D eigenvalue weighted by Gasteiger charge is 2.26. The first kappa shape index (κ1) is 31.9. The number of hydrogen-bond donors (Lipinski definition) is 1. The average Bonchev–Trinajstić information content (AvgIpc) is 3.70. The van der Waals surface area contributed by atoms with Crippen molar-refractivity contribution in [3.63, 3.8) is 0 Å². The minimum absolute atomic E-state index is 0.0259. The minimum atomic E-state index is -0.106. The van der Waals surface area contributed by atoms with Crippen molar-refractivity contribution in [1.29, 1.82) is 0 Å². The summed E-state index contributed by atoms with van der Waals surface area (Å²) in [5.41, 5.74) is 3.84.